The third-order valence-corrected chi connectivity index (χ3v) is 3.54. The molecule has 0 saturated carbocycles. The first-order valence-electron chi connectivity index (χ1n) is 5.88. The zero-order valence-corrected chi connectivity index (χ0v) is 12.1. The Kier molecular flexibility index (Phi) is 4.11. The second kappa shape index (κ2) is 5.61. The number of benzene rings is 1. The summed E-state index contributed by atoms with van der Waals surface area (Å²) < 4.78 is 11.4. The van der Waals surface area contributed by atoms with Gasteiger partial charge in [0.1, 0.15) is 17.1 Å². The Hall–Kier alpha value is -1.23. The highest BCUT2D eigenvalue weighted by Crippen LogP contribution is 2.34. The van der Waals surface area contributed by atoms with Crippen LogP contribution in [0, 0.1) is 0 Å². The molecule has 4 nitrogen and oxygen atoms in total. The van der Waals surface area contributed by atoms with E-state index in [1.807, 2.05) is 4.90 Å². The van der Waals surface area contributed by atoms with Gasteiger partial charge in [0.2, 0.25) is 0 Å². The fourth-order valence-corrected chi connectivity index (χ4v) is 2.58. The molecule has 18 heavy (non-hydrogen) atoms. The Balaban J connectivity index is 2.43. The first-order chi connectivity index (χ1) is 8.67. The first-order valence-corrected chi connectivity index (χ1v) is 6.67. The number of hydrogen-bond acceptors (Lipinski definition) is 3. The quantitative estimate of drug-likeness (QED) is 0.861. The zero-order chi connectivity index (χ0) is 13.1. The second-order valence-corrected chi connectivity index (χ2v) is 5.10. The summed E-state index contributed by atoms with van der Waals surface area (Å²) in [5, 5.41) is 0. The fraction of sp³-hybridized carbons (Fsp3) is 0.462. The molecule has 0 N–H and O–H groups in total. The van der Waals surface area contributed by atoms with Crippen molar-refractivity contribution in [2.45, 2.75) is 12.8 Å². The monoisotopic (exact) mass is 313 g/mol. The lowest BCUT2D eigenvalue weighted by Gasteiger charge is -2.19. The molecular weight excluding hydrogens is 298 g/mol. The number of carbonyl (C=O) groups is 1. The van der Waals surface area contributed by atoms with Crippen molar-refractivity contribution in [1.29, 1.82) is 0 Å². The summed E-state index contributed by atoms with van der Waals surface area (Å²) >= 11 is 3.38. The van der Waals surface area contributed by atoms with Crippen molar-refractivity contribution in [3.63, 3.8) is 0 Å². The molecule has 1 amide bonds. The number of amides is 1. The molecule has 1 aromatic rings. The Morgan fingerprint density at radius 1 is 1.17 bits per heavy atom. The molecule has 1 saturated heterocycles. The van der Waals surface area contributed by atoms with Gasteiger partial charge in [-0.3, -0.25) is 4.79 Å². The molecule has 2 rings (SSSR count). The molecule has 1 fully saturated rings. The van der Waals surface area contributed by atoms with Crippen LogP contribution in [0.1, 0.15) is 23.2 Å². The Morgan fingerprint density at radius 3 is 2.11 bits per heavy atom. The van der Waals surface area contributed by atoms with Gasteiger partial charge in [0.15, 0.2) is 0 Å². The smallest absolute Gasteiger partial charge is 0.261 e. The molecule has 0 unspecified atom stereocenters. The standard InChI is InChI=1S/C13H16BrNO3/c1-17-10-7-9(14)8-11(18-2)12(10)13(16)15-5-3-4-6-15/h7-8H,3-6H2,1-2H3. The summed E-state index contributed by atoms with van der Waals surface area (Å²) in [4.78, 5) is 14.3. The summed E-state index contributed by atoms with van der Waals surface area (Å²) in [5.41, 5.74) is 0.505. The minimum absolute atomic E-state index is 0.0197. The minimum Gasteiger partial charge on any atom is -0.496 e. The van der Waals surface area contributed by atoms with Gasteiger partial charge in [-0.2, -0.15) is 0 Å². The van der Waals surface area contributed by atoms with Gasteiger partial charge in [-0.1, -0.05) is 15.9 Å². The maximum atomic E-state index is 12.5. The molecule has 0 aromatic heterocycles. The van der Waals surface area contributed by atoms with Crippen LogP contribution in [0.25, 0.3) is 0 Å². The molecule has 1 aliphatic rings. The van der Waals surface area contributed by atoms with E-state index in [4.69, 9.17) is 9.47 Å². The average molecular weight is 314 g/mol. The number of methoxy groups -OCH3 is 2. The van der Waals surface area contributed by atoms with E-state index in [1.165, 1.54) is 0 Å². The number of carbonyl (C=O) groups excluding carboxylic acids is 1. The van der Waals surface area contributed by atoms with Gasteiger partial charge < -0.3 is 14.4 Å². The van der Waals surface area contributed by atoms with E-state index in [1.54, 1.807) is 26.4 Å². The highest BCUT2D eigenvalue weighted by molar-refractivity contribution is 9.10. The minimum atomic E-state index is -0.0197. The van der Waals surface area contributed by atoms with Crippen LogP contribution in [-0.2, 0) is 0 Å². The van der Waals surface area contributed by atoms with Gasteiger partial charge in [0.25, 0.3) is 5.91 Å². The lowest BCUT2D eigenvalue weighted by molar-refractivity contribution is 0.0786. The van der Waals surface area contributed by atoms with Crippen LogP contribution in [0.5, 0.6) is 11.5 Å². The molecule has 98 valence electrons. The van der Waals surface area contributed by atoms with Crippen LogP contribution in [0.2, 0.25) is 0 Å². The molecule has 0 radical (unpaired) electrons. The summed E-state index contributed by atoms with van der Waals surface area (Å²) in [6.07, 6.45) is 2.12. The Labute approximate surface area is 115 Å². The van der Waals surface area contributed by atoms with Gasteiger partial charge in [-0.05, 0) is 25.0 Å². The van der Waals surface area contributed by atoms with Crippen molar-refractivity contribution < 1.29 is 14.3 Å². The van der Waals surface area contributed by atoms with Crippen LogP contribution in [-0.4, -0.2) is 38.1 Å². The second-order valence-electron chi connectivity index (χ2n) is 4.18. The Bertz CT molecular complexity index is 431. The number of nitrogens with zero attached hydrogens (tertiary/aromatic N) is 1. The number of halogens is 1. The van der Waals surface area contributed by atoms with E-state index in [9.17, 15) is 4.79 Å². The summed E-state index contributed by atoms with van der Waals surface area (Å²) in [5.74, 6) is 1.06. The van der Waals surface area contributed by atoms with Crippen molar-refractivity contribution >= 4 is 21.8 Å². The van der Waals surface area contributed by atoms with E-state index < -0.39 is 0 Å². The predicted molar refractivity (Wildman–Crippen MR) is 72.4 cm³/mol. The number of rotatable bonds is 3. The number of likely N-dealkylation sites (tertiary alicyclic amines) is 1. The van der Waals surface area contributed by atoms with Crippen molar-refractivity contribution in [3.8, 4) is 11.5 Å². The normalized spacial score (nSPS) is 14.7. The van der Waals surface area contributed by atoms with E-state index in [-0.39, 0.29) is 5.91 Å². The van der Waals surface area contributed by atoms with Crippen LogP contribution >= 0.6 is 15.9 Å². The van der Waals surface area contributed by atoms with Crippen LogP contribution < -0.4 is 9.47 Å². The van der Waals surface area contributed by atoms with Crippen molar-refractivity contribution in [3.05, 3.63) is 22.2 Å². The van der Waals surface area contributed by atoms with Gasteiger partial charge in [0, 0.05) is 17.6 Å². The van der Waals surface area contributed by atoms with Crippen LogP contribution in [0.4, 0.5) is 0 Å². The molecule has 0 spiro atoms. The Morgan fingerprint density at radius 2 is 1.67 bits per heavy atom. The molecular formula is C13H16BrNO3. The zero-order valence-electron chi connectivity index (χ0n) is 10.5. The summed E-state index contributed by atoms with van der Waals surface area (Å²) in [6, 6.07) is 3.57. The van der Waals surface area contributed by atoms with Crippen molar-refractivity contribution in [1.82, 2.24) is 4.90 Å². The maximum absolute atomic E-state index is 12.5. The summed E-state index contributed by atoms with van der Waals surface area (Å²) in [6.45, 7) is 1.61. The van der Waals surface area contributed by atoms with E-state index in [0.29, 0.717) is 17.1 Å². The molecule has 0 bridgehead atoms. The molecule has 1 aromatic carbocycles. The third-order valence-electron chi connectivity index (χ3n) is 3.08. The molecule has 0 aliphatic carbocycles. The molecule has 1 aliphatic heterocycles. The SMILES string of the molecule is COc1cc(Br)cc(OC)c1C(=O)N1CCCC1. The van der Waals surface area contributed by atoms with Gasteiger partial charge >= 0.3 is 0 Å². The lowest BCUT2D eigenvalue weighted by atomic mass is 10.1. The highest BCUT2D eigenvalue weighted by atomic mass is 79.9. The van der Waals surface area contributed by atoms with Crippen molar-refractivity contribution in [2.24, 2.45) is 0 Å². The lowest BCUT2D eigenvalue weighted by Crippen LogP contribution is -2.28. The largest absolute Gasteiger partial charge is 0.496 e. The number of ether oxygens (including phenoxy) is 2. The number of hydrogen-bond donors (Lipinski definition) is 0. The maximum Gasteiger partial charge on any atom is 0.261 e. The van der Waals surface area contributed by atoms with Gasteiger partial charge in [-0.15, -0.1) is 0 Å². The fourth-order valence-electron chi connectivity index (χ4n) is 2.17. The average Bonchev–Trinajstić information content (AvgIpc) is 2.90. The summed E-state index contributed by atoms with van der Waals surface area (Å²) in [7, 11) is 3.12. The topological polar surface area (TPSA) is 38.8 Å². The third kappa shape index (κ3) is 2.46. The first kappa shape index (κ1) is 13.2. The highest BCUT2D eigenvalue weighted by Gasteiger charge is 2.26. The molecule has 5 heteroatoms. The van der Waals surface area contributed by atoms with Crippen molar-refractivity contribution in [2.75, 3.05) is 27.3 Å². The van der Waals surface area contributed by atoms with Gasteiger partial charge in [-0.25, -0.2) is 0 Å². The van der Waals surface area contributed by atoms with Gasteiger partial charge in [0.05, 0.1) is 14.2 Å². The molecule has 0 atom stereocenters. The van der Waals surface area contributed by atoms with E-state index >= 15 is 0 Å². The van der Waals surface area contributed by atoms with E-state index in [0.717, 1.165) is 30.4 Å². The van der Waals surface area contributed by atoms with Crippen LogP contribution in [0.15, 0.2) is 16.6 Å². The molecule has 1 heterocycles. The van der Waals surface area contributed by atoms with Crippen LogP contribution in [0.3, 0.4) is 0 Å². The van der Waals surface area contributed by atoms with E-state index in [2.05, 4.69) is 15.9 Å². The predicted octanol–water partition coefficient (Wildman–Crippen LogP) is 2.70.